The molecule has 130 valence electrons. The molecule has 2 rings (SSSR count). The number of carbonyl (C=O) groups is 2. The van der Waals surface area contributed by atoms with E-state index >= 15 is 0 Å². The zero-order valence-corrected chi connectivity index (χ0v) is 15.0. The molecule has 0 fully saturated rings. The van der Waals surface area contributed by atoms with Crippen molar-refractivity contribution in [3.8, 4) is 0 Å². The van der Waals surface area contributed by atoms with Crippen molar-refractivity contribution >= 4 is 22.8 Å². The molecule has 5 heteroatoms. The quantitative estimate of drug-likeness (QED) is 0.822. The number of hydrogen-bond donors (Lipinski definition) is 2. The van der Waals surface area contributed by atoms with Crippen LogP contribution in [0.4, 0.5) is 0 Å². The lowest BCUT2D eigenvalue weighted by Gasteiger charge is -2.33. The predicted molar refractivity (Wildman–Crippen MR) is 94.9 cm³/mol. The minimum Gasteiger partial charge on any atom is -0.452 e. The molecule has 5 nitrogen and oxygen atoms in total. The summed E-state index contributed by atoms with van der Waals surface area (Å²) in [6.07, 6.45) is 2.43. The van der Waals surface area contributed by atoms with Crippen molar-refractivity contribution < 1.29 is 14.3 Å². The average molecular weight is 330 g/mol. The smallest absolute Gasteiger partial charge is 0.340 e. The van der Waals surface area contributed by atoms with Crippen molar-refractivity contribution in [2.24, 2.45) is 5.41 Å². The molecule has 0 atom stereocenters. The number of rotatable bonds is 5. The maximum Gasteiger partial charge on any atom is 0.340 e. The number of amides is 1. The minimum absolute atomic E-state index is 0.0947. The van der Waals surface area contributed by atoms with Crippen LogP contribution in [-0.2, 0) is 9.53 Å². The highest BCUT2D eigenvalue weighted by Crippen LogP contribution is 2.26. The summed E-state index contributed by atoms with van der Waals surface area (Å²) < 4.78 is 5.16. The number of ether oxygens (including phenoxy) is 1. The van der Waals surface area contributed by atoms with E-state index in [1.165, 1.54) is 0 Å². The van der Waals surface area contributed by atoms with E-state index in [1.807, 2.05) is 38.1 Å². The van der Waals surface area contributed by atoms with Gasteiger partial charge in [0.05, 0.1) is 5.56 Å². The molecular weight excluding hydrogens is 304 g/mol. The summed E-state index contributed by atoms with van der Waals surface area (Å²) in [6.45, 7) is 10.0. The Bertz CT molecular complexity index is 738. The van der Waals surface area contributed by atoms with Crippen LogP contribution < -0.4 is 5.32 Å². The number of esters is 1. The van der Waals surface area contributed by atoms with Crippen LogP contribution in [0, 0.1) is 5.41 Å². The van der Waals surface area contributed by atoms with E-state index in [2.05, 4.69) is 31.1 Å². The van der Waals surface area contributed by atoms with Crippen LogP contribution in [0.2, 0.25) is 0 Å². The van der Waals surface area contributed by atoms with Gasteiger partial charge in [-0.15, -0.1) is 0 Å². The molecule has 1 aromatic carbocycles. The maximum atomic E-state index is 12.2. The van der Waals surface area contributed by atoms with Crippen LogP contribution in [0.15, 0.2) is 30.5 Å². The molecule has 0 aliphatic carbocycles. The van der Waals surface area contributed by atoms with Crippen molar-refractivity contribution in [3.05, 3.63) is 36.0 Å². The monoisotopic (exact) mass is 330 g/mol. The molecule has 2 aromatic rings. The summed E-state index contributed by atoms with van der Waals surface area (Å²) in [5.41, 5.74) is 1.03. The largest absolute Gasteiger partial charge is 0.452 e. The molecule has 24 heavy (non-hydrogen) atoms. The highest BCUT2D eigenvalue weighted by atomic mass is 16.5. The van der Waals surface area contributed by atoms with E-state index in [4.69, 9.17) is 4.74 Å². The van der Waals surface area contributed by atoms with Gasteiger partial charge in [-0.1, -0.05) is 39.0 Å². The minimum atomic E-state index is -0.503. The molecule has 2 N–H and O–H groups in total. The number of fused-ring (bicyclic) bond motifs is 1. The second-order valence-corrected chi connectivity index (χ2v) is 7.99. The van der Waals surface area contributed by atoms with Gasteiger partial charge < -0.3 is 15.0 Å². The number of aromatic nitrogens is 1. The first-order valence-electron chi connectivity index (χ1n) is 8.12. The Labute approximate surface area is 142 Å². The fraction of sp³-hybridized carbons (Fsp3) is 0.474. The zero-order valence-electron chi connectivity index (χ0n) is 15.0. The lowest BCUT2D eigenvalue weighted by atomic mass is 9.82. The van der Waals surface area contributed by atoms with Crippen LogP contribution in [0.5, 0.6) is 0 Å². The number of hydrogen-bond acceptors (Lipinski definition) is 3. The van der Waals surface area contributed by atoms with Gasteiger partial charge in [-0.25, -0.2) is 4.79 Å². The molecule has 1 heterocycles. The van der Waals surface area contributed by atoms with E-state index in [0.717, 1.165) is 17.3 Å². The van der Waals surface area contributed by atoms with Gasteiger partial charge in [0, 0.05) is 22.6 Å². The molecule has 0 bridgehead atoms. The molecule has 1 amide bonds. The first-order chi connectivity index (χ1) is 11.1. The van der Waals surface area contributed by atoms with Crippen LogP contribution >= 0.6 is 0 Å². The maximum absolute atomic E-state index is 12.2. The van der Waals surface area contributed by atoms with Gasteiger partial charge in [-0.2, -0.15) is 0 Å². The number of aromatic amines is 1. The Kier molecular flexibility index (Phi) is 5.02. The molecule has 0 saturated carbocycles. The fourth-order valence-electron chi connectivity index (χ4n) is 3.23. The number of H-pyrrole nitrogens is 1. The van der Waals surface area contributed by atoms with E-state index < -0.39 is 5.97 Å². The average Bonchev–Trinajstić information content (AvgIpc) is 2.85. The third-order valence-corrected chi connectivity index (χ3v) is 3.59. The standard InChI is InChI=1S/C19H26N2O3/c1-18(2,3)12-19(4,5)21-16(22)11-24-17(23)14-10-20-15-9-7-6-8-13(14)15/h6-10,20H,11-12H2,1-5H3,(H,21,22). The summed E-state index contributed by atoms with van der Waals surface area (Å²) in [6, 6.07) is 7.47. The number of carbonyl (C=O) groups excluding carboxylic acids is 2. The predicted octanol–water partition coefficient (Wildman–Crippen LogP) is 3.66. The SMILES string of the molecule is CC(C)(C)CC(C)(C)NC(=O)COC(=O)c1c[nH]c2ccccc12. The van der Waals surface area contributed by atoms with E-state index in [1.54, 1.807) is 6.20 Å². The molecular formula is C19H26N2O3. The number of para-hydroxylation sites is 1. The molecule has 0 saturated heterocycles. The van der Waals surface area contributed by atoms with Crippen LogP contribution in [0.25, 0.3) is 10.9 Å². The normalized spacial score (nSPS) is 12.2. The highest BCUT2D eigenvalue weighted by molar-refractivity contribution is 6.04. The van der Waals surface area contributed by atoms with Crippen molar-refractivity contribution in [2.75, 3.05) is 6.61 Å². The topological polar surface area (TPSA) is 71.2 Å². The highest BCUT2D eigenvalue weighted by Gasteiger charge is 2.27. The first-order valence-corrected chi connectivity index (χ1v) is 8.12. The summed E-state index contributed by atoms with van der Waals surface area (Å²) >= 11 is 0. The molecule has 0 aliphatic heterocycles. The Hall–Kier alpha value is -2.30. The van der Waals surface area contributed by atoms with Gasteiger partial charge in [-0.3, -0.25) is 4.79 Å². The second kappa shape index (κ2) is 6.67. The van der Waals surface area contributed by atoms with Gasteiger partial charge in [0.1, 0.15) is 0 Å². The van der Waals surface area contributed by atoms with Gasteiger partial charge in [0.25, 0.3) is 5.91 Å². The molecule has 0 spiro atoms. The first kappa shape index (κ1) is 18.0. The lowest BCUT2D eigenvalue weighted by Crippen LogP contribution is -2.47. The number of benzene rings is 1. The Morgan fingerprint density at radius 1 is 1.12 bits per heavy atom. The van der Waals surface area contributed by atoms with Crippen LogP contribution in [0.3, 0.4) is 0 Å². The van der Waals surface area contributed by atoms with Gasteiger partial charge in [0.15, 0.2) is 6.61 Å². The molecule has 0 aliphatic rings. The Morgan fingerprint density at radius 2 is 1.79 bits per heavy atom. The van der Waals surface area contributed by atoms with E-state index in [0.29, 0.717) is 5.56 Å². The zero-order chi connectivity index (χ0) is 18.0. The molecule has 0 unspecified atom stereocenters. The summed E-state index contributed by atoms with van der Waals surface area (Å²) in [5.74, 6) is -0.798. The second-order valence-electron chi connectivity index (χ2n) is 7.99. The van der Waals surface area contributed by atoms with Gasteiger partial charge in [-0.05, 0) is 31.7 Å². The summed E-state index contributed by atoms with van der Waals surface area (Å²) in [4.78, 5) is 27.3. The summed E-state index contributed by atoms with van der Waals surface area (Å²) in [7, 11) is 0. The lowest BCUT2D eigenvalue weighted by molar-refractivity contribution is -0.126. The van der Waals surface area contributed by atoms with Crippen molar-refractivity contribution in [1.29, 1.82) is 0 Å². The van der Waals surface area contributed by atoms with Crippen LogP contribution in [-0.4, -0.2) is 29.0 Å². The summed E-state index contributed by atoms with van der Waals surface area (Å²) in [5, 5.41) is 3.71. The Morgan fingerprint density at radius 3 is 2.46 bits per heavy atom. The molecule has 1 aromatic heterocycles. The van der Waals surface area contributed by atoms with Crippen molar-refractivity contribution in [2.45, 2.75) is 46.6 Å². The van der Waals surface area contributed by atoms with Crippen molar-refractivity contribution in [1.82, 2.24) is 10.3 Å². The Balaban J connectivity index is 1.93. The third kappa shape index (κ3) is 4.85. The fourth-order valence-corrected chi connectivity index (χ4v) is 3.23. The van der Waals surface area contributed by atoms with E-state index in [9.17, 15) is 9.59 Å². The third-order valence-electron chi connectivity index (χ3n) is 3.59. The number of nitrogens with one attached hydrogen (secondary N) is 2. The van der Waals surface area contributed by atoms with E-state index in [-0.39, 0.29) is 23.5 Å². The van der Waals surface area contributed by atoms with Gasteiger partial charge >= 0.3 is 5.97 Å². The van der Waals surface area contributed by atoms with Crippen molar-refractivity contribution in [3.63, 3.8) is 0 Å². The molecule has 0 radical (unpaired) electrons. The van der Waals surface area contributed by atoms with Crippen LogP contribution in [0.1, 0.15) is 51.4 Å². The van der Waals surface area contributed by atoms with Gasteiger partial charge in [0.2, 0.25) is 0 Å².